The minimum atomic E-state index is -0.187. The molecule has 2 aromatic carbocycles. The van der Waals surface area contributed by atoms with E-state index in [4.69, 9.17) is 18.9 Å². The summed E-state index contributed by atoms with van der Waals surface area (Å²) in [6, 6.07) is 14.5. The van der Waals surface area contributed by atoms with Gasteiger partial charge in [0.1, 0.15) is 16.5 Å². The van der Waals surface area contributed by atoms with Crippen molar-refractivity contribution in [1.82, 2.24) is 10.2 Å². The zero-order valence-electron chi connectivity index (χ0n) is 16.4. The van der Waals surface area contributed by atoms with Crippen LogP contribution in [0.25, 0.3) is 11.3 Å². The van der Waals surface area contributed by atoms with Crippen LogP contribution in [0.2, 0.25) is 0 Å². The molecule has 154 valence electrons. The van der Waals surface area contributed by atoms with Crippen LogP contribution in [0.3, 0.4) is 0 Å². The van der Waals surface area contributed by atoms with Crippen molar-refractivity contribution in [2.45, 2.75) is 5.03 Å². The van der Waals surface area contributed by atoms with Crippen LogP contribution in [0, 0.1) is 0 Å². The Balaban J connectivity index is 1.37. The molecular formula is C21H19N3O5S. The molecule has 1 aliphatic rings. The van der Waals surface area contributed by atoms with Crippen molar-refractivity contribution in [3.05, 3.63) is 48.5 Å². The molecular weight excluding hydrogens is 406 g/mol. The van der Waals surface area contributed by atoms with Gasteiger partial charge in [-0.3, -0.25) is 4.79 Å². The minimum absolute atomic E-state index is 0.179. The number of benzene rings is 2. The molecule has 30 heavy (non-hydrogen) atoms. The van der Waals surface area contributed by atoms with E-state index < -0.39 is 0 Å². The monoisotopic (exact) mass is 425 g/mol. The van der Waals surface area contributed by atoms with Crippen molar-refractivity contribution in [2.24, 2.45) is 0 Å². The number of carbonyl (C=O) groups excluding carboxylic acids is 1. The number of carbonyl (C=O) groups is 1. The number of hydrogen-bond acceptors (Lipinski definition) is 8. The first-order valence-corrected chi connectivity index (χ1v) is 10.0. The summed E-state index contributed by atoms with van der Waals surface area (Å²) in [7, 11) is 3.11. The summed E-state index contributed by atoms with van der Waals surface area (Å²) in [6.45, 7) is 0.226. The first kappa shape index (κ1) is 19.8. The Morgan fingerprint density at radius 1 is 1.03 bits per heavy atom. The maximum Gasteiger partial charge on any atom is 0.234 e. The van der Waals surface area contributed by atoms with E-state index in [1.807, 2.05) is 30.3 Å². The first-order valence-electron chi connectivity index (χ1n) is 9.04. The Labute approximate surface area is 177 Å². The van der Waals surface area contributed by atoms with Crippen molar-refractivity contribution in [2.75, 3.05) is 32.1 Å². The molecule has 0 aliphatic carbocycles. The topological polar surface area (TPSA) is 91.8 Å². The van der Waals surface area contributed by atoms with Gasteiger partial charge in [-0.1, -0.05) is 11.8 Å². The average molecular weight is 425 g/mol. The highest BCUT2D eigenvalue weighted by molar-refractivity contribution is 7.99. The number of thioether (sulfide) groups is 1. The number of anilines is 1. The molecule has 0 saturated heterocycles. The smallest absolute Gasteiger partial charge is 0.234 e. The van der Waals surface area contributed by atoms with Crippen molar-refractivity contribution >= 4 is 23.4 Å². The minimum Gasteiger partial charge on any atom is -0.497 e. The molecule has 1 amide bonds. The molecule has 0 saturated carbocycles. The molecule has 0 atom stereocenters. The number of rotatable bonds is 7. The molecule has 8 nitrogen and oxygen atoms in total. The molecule has 3 aromatic rings. The Bertz CT molecular complexity index is 1060. The molecule has 0 spiro atoms. The number of nitrogens with zero attached hydrogens (tertiary/aromatic N) is 2. The van der Waals surface area contributed by atoms with Crippen LogP contribution in [0.15, 0.2) is 53.6 Å². The van der Waals surface area contributed by atoms with Gasteiger partial charge in [0, 0.05) is 11.6 Å². The van der Waals surface area contributed by atoms with Crippen LogP contribution in [0.1, 0.15) is 0 Å². The van der Waals surface area contributed by atoms with Gasteiger partial charge in [0.15, 0.2) is 11.5 Å². The second kappa shape index (κ2) is 8.91. The van der Waals surface area contributed by atoms with Crippen LogP contribution in [0.5, 0.6) is 23.0 Å². The molecule has 9 heteroatoms. The zero-order chi connectivity index (χ0) is 20.9. The highest BCUT2D eigenvalue weighted by Crippen LogP contribution is 2.35. The van der Waals surface area contributed by atoms with Crippen LogP contribution in [-0.4, -0.2) is 42.9 Å². The molecule has 0 fully saturated rings. The lowest BCUT2D eigenvalue weighted by molar-refractivity contribution is -0.113. The summed E-state index contributed by atoms with van der Waals surface area (Å²) < 4.78 is 21.2. The maximum absolute atomic E-state index is 12.3. The lowest BCUT2D eigenvalue weighted by Gasteiger charge is -2.11. The Kier molecular flexibility index (Phi) is 5.89. The van der Waals surface area contributed by atoms with E-state index >= 15 is 0 Å². The number of hydrogen-bond donors (Lipinski definition) is 1. The second-order valence-corrected chi connectivity index (χ2v) is 7.22. The number of nitrogens with one attached hydrogen (secondary N) is 1. The number of fused-ring (bicyclic) bond motifs is 1. The Morgan fingerprint density at radius 2 is 1.90 bits per heavy atom. The van der Waals surface area contributed by atoms with E-state index in [1.165, 1.54) is 11.8 Å². The van der Waals surface area contributed by atoms with Gasteiger partial charge in [0.2, 0.25) is 12.7 Å². The summed E-state index contributed by atoms with van der Waals surface area (Å²) >= 11 is 1.29. The van der Waals surface area contributed by atoms with Gasteiger partial charge in [-0.2, -0.15) is 0 Å². The van der Waals surface area contributed by atoms with Gasteiger partial charge in [-0.15, -0.1) is 10.2 Å². The summed E-state index contributed by atoms with van der Waals surface area (Å²) in [6.07, 6.45) is 0. The quantitative estimate of drug-likeness (QED) is 0.574. The lowest BCUT2D eigenvalue weighted by atomic mass is 10.1. The largest absolute Gasteiger partial charge is 0.497 e. The van der Waals surface area contributed by atoms with E-state index in [9.17, 15) is 4.79 Å². The van der Waals surface area contributed by atoms with E-state index in [2.05, 4.69) is 15.5 Å². The molecule has 1 aromatic heterocycles. The second-order valence-electron chi connectivity index (χ2n) is 6.23. The fourth-order valence-corrected chi connectivity index (χ4v) is 3.46. The molecule has 0 bridgehead atoms. The van der Waals surface area contributed by atoms with Gasteiger partial charge in [-0.05, 0) is 42.5 Å². The van der Waals surface area contributed by atoms with E-state index in [0.717, 1.165) is 11.3 Å². The molecule has 4 rings (SSSR count). The molecule has 0 unspecified atom stereocenters. The fourth-order valence-electron chi connectivity index (χ4n) is 2.84. The third-order valence-electron chi connectivity index (χ3n) is 4.34. The Hall–Kier alpha value is -3.46. The standard InChI is InChI=1S/C21H19N3O5S/c1-26-14-4-7-17(27-2)16(10-14)22-20(25)11-30-21-8-5-15(23-24-21)13-3-6-18-19(9-13)29-12-28-18/h3-10H,11-12H2,1-2H3,(H,22,25). The van der Waals surface area contributed by atoms with E-state index in [0.29, 0.717) is 33.7 Å². The van der Waals surface area contributed by atoms with E-state index in [1.54, 1.807) is 32.4 Å². The van der Waals surface area contributed by atoms with Crippen molar-refractivity contribution in [3.8, 4) is 34.3 Å². The summed E-state index contributed by atoms with van der Waals surface area (Å²) in [5, 5.41) is 11.9. The van der Waals surface area contributed by atoms with Crippen molar-refractivity contribution in [3.63, 3.8) is 0 Å². The molecule has 2 heterocycles. The SMILES string of the molecule is COc1ccc(OC)c(NC(=O)CSc2ccc(-c3ccc4c(c3)OCO4)nn2)c1. The highest BCUT2D eigenvalue weighted by atomic mass is 32.2. The maximum atomic E-state index is 12.3. The van der Waals surface area contributed by atoms with Gasteiger partial charge in [0.25, 0.3) is 0 Å². The van der Waals surface area contributed by atoms with Crippen LogP contribution in [-0.2, 0) is 4.79 Å². The fraction of sp³-hybridized carbons (Fsp3) is 0.190. The normalized spacial score (nSPS) is 11.8. The highest BCUT2D eigenvalue weighted by Gasteiger charge is 2.15. The zero-order valence-corrected chi connectivity index (χ0v) is 17.2. The van der Waals surface area contributed by atoms with E-state index in [-0.39, 0.29) is 18.5 Å². The first-order chi connectivity index (χ1) is 14.7. The Morgan fingerprint density at radius 3 is 2.67 bits per heavy atom. The van der Waals surface area contributed by atoms with Crippen LogP contribution in [0.4, 0.5) is 5.69 Å². The van der Waals surface area contributed by atoms with Gasteiger partial charge >= 0.3 is 0 Å². The number of amides is 1. The molecule has 0 radical (unpaired) electrons. The third kappa shape index (κ3) is 4.41. The average Bonchev–Trinajstić information content (AvgIpc) is 3.26. The third-order valence-corrected chi connectivity index (χ3v) is 5.26. The van der Waals surface area contributed by atoms with Gasteiger partial charge in [0.05, 0.1) is 31.4 Å². The summed E-state index contributed by atoms with van der Waals surface area (Å²) in [4.78, 5) is 12.3. The van der Waals surface area contributed by atoms with Crippen LogP contribution < -0.4 is 24.3 Å². The summed E-state index contributed by atoms with van der Waals surface area (Å²) in [5.41, 5.74) is 2.14. The van der Waals surface area contributed by atoms with Gasteiger partial charge in [-0.25, -0.2) is 0 Å². The number of methoxy groups -OCH3 is 2. The molecule has 1 N–H and O–H groups in total. The number of aromatic nitrogens is 2. The van der Waals surface area contributed by atoms with Crippen molar-refractivity contribution in [1.29, 1.82) is 0 Å². The van der Waals surface area contributed by atoms with Gasteiger partial charge < -0.3 is 24.3 Å². The lowest BCUT2D eigenvalue weighted by Crippen LogP contribution is -2.15. The molecule has 1 aliphatic heterocycles. The predicted octanol–water partition coefficient (Wildman–Crippen LogP) is 3.62. The van der Waals surface area contributed by atoms with Crippen molar-refractivity contribution < 1.29 is 23.7 Å². The number of ether oxygens (including phenoxy) is 4. The summed E-state index contributed by atoms with van der Waals surface area (Å²) in [5.74, 6) is 2.59. The van der Waals surface area contributed by atoms with Crippen LogP contribution >= 0.6 is 11.8 Å². The predicted molar refractivity (Wildman–Crippen MR) is 112 cm³/mol.